The standard InChI is InChI=1S/C15H14FNO3/c1-3-11-7-10(15(18)19)8-14(17-11)20-13-6-9(2)4-5-12(13)16/h4-8H,3H2,1-2H3,(H,18,19). The number of halogens is 1. The zero-order valence-electron chi connectivity index (χ0n) is 11.2. The minimum absolute atomic E-state index is 0.0297. The molecule has 4 nitrogen and oxygen atoms in total. The number of rotatable bonds is 4. The van der Waals surface area contributed by atoms with Crippen LogP contribution in [0.3, 0.4) is 0 Å². The SMILES string of the molecule is CCc1cc(C(=O)O)cc(Oc2cc(C)ccc2F)n1. The first kappa shape index (κ1) is 14.0. The first-order valence-corrected chi connectivity index (χ1v) is 6.18. The fraction of sp³-hybridized carbons (Fsp3) is 0.200. The van der Waals surface area contributed by atoms with Crippen molar-refractivity contribution in [1.29, 1.82) is 0 Å². The van der Waals surface area contributed by atoms with E-state index in [4.69, 9.17) is 9.84 Å². The summed E-state index contributed by atoms with van der Waals surface area (Å²) in [5.74, 6) is -1.49. The number of aromatic carboxylic acids is 1. The third-order valence-corrected chi connectivity index (χ3v) is 2.77. The summed E-state index contributed by atoms with van der Waals surface area (Å²) in [7, 11) is 0. The van der Waals surface area contributed by atoms with Gasteiger partial charge in [-0.25, -0.2) is 14.2 Å². The molecule has 0 unspecified atom stereocenters. The van der Waals surface area contributed by atoms with Gasteiger partial charge in [0.15, 0.2) is 11.6 Å². The number of carboxylic acid groups (broad SMARTS) is 1. The molecule has 0 aliphatic rings. The summed E-state index contributed by atoms with van der Waals surface area (Å²) >= 11 is 0. The average molecular weight is 275 g/mol. The van der Waals surface area contributed by atoms with Crippen molar-refractivity contribution in [1.82, 2.24) is 4.98 Å². The highest BCUT2D eigenvalue weighted by Gasteiger charge is 2.11. The van der Waals surface area contributed by atoms with Crippen LogP contribution in [-0.4, -0.2) is 16.1 Å². The first-order chi connectivity index (χ1) is 9.49. The maximum atomic E-state index is 13.6. The van der Waals surface area contributed by atoms with Crippen molar-refractivity contribution in [2.24, 2.45) is 0 Å². The van der Waals surface area contributed by atoms with Gasteiger partial charge >= 0.3 is 5.97 Å². The van der Waals surface area contributed by atoms with E-state index >= 15 is 0 Å². The predicted octanol–water partition coefficient (Wildman–Crippen LogP) is 3.58. The van der Waals surface area contributed by atoms with Crippen LogP contribution in [0.15, 0.2) is 30.3 Å². The number of aromatic nitrogens is 1. The average Bonchev–Trinajstić information content (AvgIpc) is 2.42. The van der Waals surface area contributed by atoms with Gasteiger partial charge in [0.1, 0.15) is 0 Å². The minimum atomic E-state index is -1.07. The Bertz CT molecular complexity index is 656. The molecule has 0 atom stereocenters. The summed E-state index contributed by atoms with van der Waals surface area (Å²) in [5.41, 5.74) is 1.49. The Morgan fingerprint density at radius 3 is 2.75 bits per heavy atom. The van der Waals surface area contributed by atoms with Gasteiger partial charge in [-0.1, -0.05) is 13.0 Å². The summed E-state index contributed by atoms with van der Waals surface area (Å²) in [6.07, 6.45) is 0.563. The van der Waals surface area contributed by atoms with E-state index in [1.807, 2.05) is 13.8 Å². The van der Waals surface area contributed by atoms with Crippen LogP contribution in [0.2, 0.25) is 0 Å². The van der Waals surface area contributed by atoms with E-state index < -0.39 is 11.8 Å². The van der Waals surface area contributed by atoms with E-state index in [-0.39, 0.29) is 17.2 Å². The van der Waals surface area contributed by atoms with Gasteiger partial charge in [0.05, 0.1) is 5.56 Å². The molecule has 0 amide bonds. The van der Waals surface area contributed by atoms with E-state index in [2.05, 4.69) is 4.98 Å². The number of aryl methyl sites for hydroxylation is 2. The Hall–Kier alpha value is -2.43. The van der Waals surface area contributed by atoms with Crippen molar-refractivity contribution in [2.75, 3.05) is 0 Å². The highest BCUT2D eigenvalue weighted by atomic mass is 19.1. The molecule has 0 fully saturated rings. The van der Waals surface area contributed by atoms with Crippen molar-refractivity contribution < 1.29 is 19.0 Å². The number of hydrogen-bond acceptors (Lipinski definition) is 3. The molecular weight excluding hydrogens is 261 g/mol. The summed E-state index contributed by atoms with van der Waals surface area (Å²) in [4.78, 5) is 15.2. The molecule has 0 bridgehead atoms. The topological polar surface area (TPSA) is 59.4 Å². The number of ether oxygens (including phenoxy) is 1. The predicted molar refractivity (Wildman–Crippen MR) is 71.8 cm³/mol. The molecule has 1 N–H and O–H groups in total. The van der Waals surface area contributed by atoms with Crippen LogP contribution in [-0.2, 0) is 6.42 Å². The van der Waals surface area contributed by atoms with Crippen molar-refractivity contribution in [3.05, 3.63) is 53.0 Å². The third kappa shape index (κ3) is 3.12. The number of nitrogens with zero attached hydrogens (tertiary/aromatic N) is 1. The molecule has 5 heteroatoms. The van der Waals surface area contributed by atoms with Crippen LogP contribution in [0, 0.1) is 12.7 Å². The van der Waals surface area contributed by atoms with Gasteiger partial charge < -0.3 is 9.84 Å². The maximum Gasteiger partial charge on any atom is 0.335 e. The fourth-order valence-electron chi connectivity index (χ4n) is 1.72. The van der Waals surface area contributed by atoms with Crippen molar-refractivity contribution in [2.45, 2.75) is 20.3 Å². The molecule has 0 saturated carbocycles. The summed E-state index contributed by atoms with van der Waals surface area (Å²) < 4.78 is 19.0. The second-order valence-corrected chi connectivity index (χ2v) is 4.38. The minimum Gasteiger partial charge on any atom is -0.478 e. The van der Waals surface area contributed by atoms with E-state index in [1.54, 1.807) is 6.07 Å². The van der Waals surface area contributed by atoms with Crippen LogP contribution < -0.4 is 4.74 Å². The van der Waals surface area contributed by atoms with Crippen LogP contribution in [0.5, 0.6) is 11.6 Å². The highest BCUT2D eigenvalue weighted by Crippen LogP contribution is 2.25. The molecule has 2 aromatic rings. The highest BCUT2D eigenvalue weighted by molar-refractivity contribution is 5.88. The van der Waals surface area contributed by atoms with Crippen LogP contribution in [0.25, 0.3) is 0 Å². The van der Waals surface area contributed by atoms with E-state index in [0.29, 0.717) is 12.1 Å². The maximum absolute atomic E-state index is 13.6. The molecule has 1 aromatic heterocycles. The molecule has 0 aliphatic carbocycles. The van der Waals surface area contributed by atoms with Crippen molar-refractivity contribution in [3.63, 3.8) is 0 Å². The van der Waals surface area contributed by atoms with Gasteiger partial charge in [0.25, 0.3) is 0 Å². The number of carboxylic acids is 1. The number of hydrogen-bond donors (Lipinski definition) is 1. The van der Waals surface area contributed by atoms with Gasteiger partial charge in [-0.15, -0.1) is 0 Å². The Kier molecular flexibility index (Phi) is 3.98. The molecule has 0 aliphatic heterocycles. The zero-order chi connectivity index (χ0) is 14.7. The molecule has 1 aromatic carbocycles. The Labute approximate surface area is 115 Å². The first-order valence-electron chi connectivity index (χ1n) is 6.18. The van der Waals surface area contributed by atoms with E-state index in [9.17, 15) is 9.18 Å². The fourth-order valence-corrected chi connectivity index (χ4v) is 1.72. The van der Waals surface area contributed by atoms with Gasteiger partial charge in [0.2, 0.25) is 5.88 Å². The zero-order valence-corrected chi connectivity index (χ0v) is 11.2. The molecule has 0 saturated heterocycles. The Balaban J connectivity index is 2.39. The van der Waals surface area contributed by atoms with E-state index in [1.165, 1.54) is 24.3 Å². The molecule has 0 spiro atoms. The largest absolute Gasteiger partial charge is 0.478 e. The summed E-state index contributed by atoms with van der Waals surface area (Å²) in [6, 6.07) is 7.22. The van der Waals surface area contributed by atoms with Crippen LogP contribution in [0.1, 0.15) is 28.5 Å². The molecule has 20 heavy (non-hydrogen) atoms. The molecule has 104 valence electrons. The molecule has 0 radical (unpaired) electrons. The number of benzene rings is 1. The van der Waals surface area contributed by atoms with Gasteiger partial charge in [-0.3, -0.25) is 0 Å². The molecular formula is C15H14FNO3. The lowest BCUT2D eigenvalue weighted by molar-refractivity contribution is 0.0696. The third-order valence-electron chi connectivity index (χ3n) is 2.77. The second kappa shape index (κ2) is 5.69. The second-order valence-electron chi connectivity index (χ2n) is 4.38. The van der Waals surface area contributed by atoms with Gasteiger partial charge in [-0.2, -0.15) is 0 Å². The van der Waals surface area contributed by atoms with Gasteiger partial charge in [0, 0.05) is 11.8 Å². The number of pyridine rings is 1. The number of carbonyl (C=O) groups is 1. The summed E-state index contributed by atoms with van der Waals surface area (Å²) in [6.45, 7) is 3.66. The molecule has 1 heterocycles. The van der Waals surface area contributed by atoms with Crippen LogP contribution in [0.4, 0.5) is 4.39 Å². The van der Waals surface area contributed by atoms with Crippen molar-refractivity contribution >= 4 is 5.97 Å². The normalized spacial score (nSPS) is 10.3. The Morgan fingerprint density at radius 1 is 1.35 bits per heavy atom. The van der Waals surface area contributed by atoms with E-state index in [0.717, 1.165) is 5.56 Å². The lowest BCUT2D eigenvalue weighted by atomic mass is 10.2. The van der Waals surface area contributed by atoms with Crippen LogP contribution >= 0.6 is 0 Å². The summed E-state index contributed by atoms with van der Waals surface area (Å²) in [5, 5.41) is 9.04. The lowest BCUT2D eigenvalue weighted by Gasteiger charge is -2.09. The molecule has 2 rings (SSSR count). The van der Waals surface area contributed by atoms with Gasteiger partial charge in [-0.05, 0) is 37.1 Å². The Morgan fingerprint density at radius 2 is 2.10 bits per heavy atom. The monoisotopic (exact) mass is 275 g/mol. The smallest absolute Gasteiger partial charge is 0.335 e. The lowest BCUT2D eigenvalue weighted by Crippen LogP contribution is -2.02. The quantitative estimate of drug-likeness (QED) is 0.926. The van der Waals surface area contributed by atoms with Crippen molar-refractivity contribution in [3.8, 4) is 11.6 Å².